The molecule has 1 fully saturated rings. The molecular weight excluding hydrogens is 358 g/mol. The van der Waals surface area contributed by atoms with E-state index in [4.69, 9.17) is 0 Å². The standard InChI is InChI=1S/C17H21N5O3.ClH/c1-3-12-4-6-13(7-5-12)14-10-18-8-9-21(14)17(23)15-16(22(24)25)11(2)19-20-15;/h4-7,14,18H,3,8-10H2,1-2H3,(H,19,20);1H. The molecule has 1 atom stereocenters. The topological polar surface area (TPSA) is 104 Å². The number of amides is 1. The number of nitrogens with one attached hydrogen (secondary N) is 2. The van der Waals surface area contributed by atoms with E-state index in [0.29, 0.717) is 19.6 Å². The van der Waals surface area contributed by atoms with Crippen molar-refractivity contribution in [1.29, 1.82) is 0 Å². The van der Waals surface area contributed by atoms with Gasteiger partial charge < -0.3 is 10.2 Å². The Morgan fingerprint density at radius 2 is 2.08 bits per heavy atom. The second-order valence-corrected chi connectivity index (χ2v) is 6.12. The van der Waals surface area contributed by atoms with Crippen molar-refractivity contribution in [3.63, 3.8) is 0 Å². The van der Waals surface area contributed by atoms with Crippen molar-refractivity contribution < 1.29 is 9.72 Å². The van der Waals surface area contributed by atoms with Gasteiger partial charge in [0.05, 0.1) is 11.0 Å². The van der Waals surface area contributed by atoms with Gasteiger partial charge >= 0.3 is 5.69 Å². The van der Waals surface area contributed by atoms with Crippen molar-refractivity contribution >= 4 is 24.0 Å². The maximum atomic E-state index is 13.0. The minimum absolute atomic E-state index is 0. The molecule has 1 saturated heterocycles. The molecule has 1 aromatic heterocycles. The SMILES string of the molecule is CCc1ccc(C2CNCCN2C(=O)c2n[nH]c(C)c2[N+](=O)[O-])cc1.Cl. The molecule has 1 aliphatic rings. The summed E-state index contributed by atoms with van der Waals surface area (Å²) in [6.45, 7) is 5.36. The van der Waals surface area contributed by atoms with Gasteiger partial charge in [0.25, 0.3) is 5.91 Å². The lowest BCUT2D eigenvalue weighted by molar-refractivity contribution is -0.385. The normalized spacial score (nSPS) is 16.8. The minimum Gasteiger partial charge on any atom is -0.327 e. The number of H-pyrrole nitrogens is 1. The van der Waals surface area contributed by atoms with Crippen LogP contribution in [0.4, 0.5) is 5.69 Å². The van der Waals surface area contributed by atoms with E-state index in [1.54, 1.807) is 11.8 Å². The summed E-state index contributed by atoms with van der Waals surface area (Å²) in [4.78, 5) is 25.3. The van der Waals surface area contributed by atoms with E-state index in [1.165, 1.54) is 5.56 Å². The van der Waals surface area contributed by atoms with Crippen LogP contribution in [0, 0.1) is 17.0 Å². The molecule has 0 aliphatic carbocycles. The number of rotatable bonds is 4. The predicted molar refractivity (Wildman–Crippen MR) is 99.7 cm³/mol. The molecule has 2 heterocycles. The highest BCUT2D eigenvalue weighted by atomic mass is 35.5. The summed E-state index contributed by atoms with van der Waals surface area (Å²) in [6, 6.07) is 7.95. The number of hydrogen-bond acceptors (Lipinski definition) is 5. The Kier molecular flexibility index (Phi) is 6.33. The second-order valence-electron chi connectivity index (χ2n) is 6.12. The first-order valence-electron chi connectivity index (χ1n) is 8.32. The monoisotopic (exact) mass is 379 g/mol. The number of nitro groups is 1. The van der Waals surface area contributed by atoms with E-state index < -0.39 is 10.8 Å². The first-order valence-corrected chi connectivity index (χ1v) is 8.32. The maximum absolute atomic E-state index is 13.0. The molecule has 26 heavy (non-hydrogen) atoms. The summed E-state index contributed by atoms with van der Waals surface area (Å²) in [7, 11) is 0. The van der Waals surface area contributed by atoms with Gasteiger partial charge in [-0.15, -0.1) is 12.4 Å². The van der Waals surface area contributed by atoms with Gasteiger partial charge in [0.1, 0.15) is 5.69 Å². The molecule has 1 amide bonds. The van der Waals surface area contributed by atoms with Crippen LogP contribution < -0.4 is 5.32 Å². The highest BCUT2D eigenvalue weighted by Gasteiger charge is 2.35. The molecule has 8 nitrogen and oxygen atoms in total. The molecule has 0 bridgehead atoms. The van der Waals surface area contributed by atoms with E-state index in [0.717, 1.165) is 12.0 Å². The van der Waals surface area contributed by atoms with Crippen molar-refractivity contribution in [2.75, 3.05) is 19.6 Å². The molecule has 0 spiro atoms. The Balaban J connectivity index is 0.00000243. The third-order valence-corrected chi connectivity index (χ3v) is 4.58. The number of halogens is 1. The fourth-order valence-electron chi connectivity index (χ4n) is 3.15. The van der Waals surface area contributed by atoms with Crippen LogP contribution in [0.2, 0.25) is 0 Å². The first-order chi connectivity index (χ1) is 12.0. The highest BCUT2D eigenvalue weighted by Crippen LogP contribution is 2.28. The minimum atomic E-state index is -0.556. The lowest BCUT2D eigenvalue weighted by atomic mass is 10.0. The molecule has 2 N–H and O–H groups in total. The molecule has 0 saturated carbocycles. The third-order valence-electron chi connectivity index (χ3n) is 4.58. The summed E-state index contributed by atoms with van der Waals surface area (Å²) in [5.74, 6) is -0.415. The number of carbonyl (C=O) groups excluding carboxylic acids is 1. The van der Waals surface area contributed by atoms with Gasteiger partial charge in [0.2, 0.25) is 5.69 Å². The van der Waals surface area contributed by atoms with Gasteiger partial charge in [0, 0.05) is 19.6 Å². The van der Waals surface area contributed by atoms with Gasteiger partial charge in [-0.05, 0) is 24.5 Å². The average molecular weight is 380 g/mol. The Morgan fingerprint density at radius 3 is 2.69 bits per heavy atom. The fourth-order valence-corrected chi connectivity index (χ4v) is 3.15. The van der Waals surface area contributed by atoms with Crippen LogP contribution in [0.1, 0.15) is 40.3 Å². The average Bonchev–Trinajstić information content (AvgIpc) is 3.03. The zero-order valence-corrected chi connectivity index (χ0v) is 15.5. The van der Waals surface area contributed by atoms with Crippen LogP contribution >= 0.6 is 12.4 Å². The largest absolute Gasteiger partial charge is 0.327 e. The molecule has 3 rings (SSSR count). The Bertz CT molecular complexity index is 790. The molecular formula is C17H22ClN5O3. The Labute approximate surface area is 157 Å². The number of benzene rings is 1. The van der Waals surface area contributed by atoms with Crippen molar-refractivity contribution in [3.05, 3.63) is 56.9 Å². The van der Waals surface area contributed by atoms with Crippen molar-refractivity contribution in [3.8, 4) is 0 Å². The molecule has 1 aliphatic heterocycles. The molecule has 9 heteroatoms. The quantitative estimate of drug-likeness (QED) is 0.627. The number of piperazine rings is 1. The fraction of sp³-hybridized carbons (Fsp3) is 0.412. The number of hydrogen-bond donors (Lipinski definition) is 2. The van der Waals surface area contributed by atoms with Crippen LogP contribution in [0.5, 0.6) is 0 Å². The predicted octanol–water partition coefficient (Wildman–Crippen LogP) is 2.40. The number of aromatic amines is 1. The zero-order valence-electron chi connectivity index (χ0n) is 14.7. The van der Waals surface area contributed by atoms with E-state index >= 15 is 0 Å². The van der Waals surface area contributed by atoms with E-state index in [1.807, 2.05) is 24.3 Å². The zero-order chi connectivity index (χ0) is 18.0. The Morgan fingerprint density at radius 1 is 1.38 bits per heavy atom. The lowest BCUT2D eigenvalue weighted by Gasteiger charge is -2.36. The van der Waals surface area contributed by atoms with Crippen LogP contribution in [-0.2, 0) is 6.42 Å². The maximum Gasteiger partial charge on any atom is 0.322 e. The summed E-state index contributed by atoms with van der Waals surface area (Å²) in [5, 5.41) is 21.0. The summed E-state index contributed by atoms with van der Waals surface area (Å²) in [6.07, 6.45) is 0.949. The van der Waals surface area contributed by atoms with Gasteiger partial charge in [-0.1, -0.05) is 31.2 Å². The van der Waals surface area contributed by atoms with E-state index in [-0.39, 0.29) is 35.5 Å². The molecule has 0 radical (unpaired) electrons. The molecule has 2 aromatic rings. The molecule has 1 unspecified atom stereocenters. The van der Waals surface area contributed by atoms with E-state index in [2.05, 4.69) is 22.4 Å². The van der Waals surface area contributed by atoms with Gasteiger partial charge in [-0.3, -0.25) is 20.0 Å². The number of nitrogens with zero attached hydrogens (tertiary/aromatic N) is 3. The van der Waals surface area contributed by atoms with Crippen LogP contribution in [0.25, 0.3) is 0 Å². The van der Waals surface area contributed by atoms with Crippen LogP contribution in [-0.4, -0.2) is 45.6 Å². The van der Waals surface area contributed by atoms with Gasteiger partial charge in [-0.25, -0.2) is 0 Å². The summed E-state index contributed by atoms with van der Waals surface area (Å²) >= 11 is 0. The summed E-state index contributed by atoms with van der Waals surface area (Å²) in [5.41, 5.74) is 2.15. The first kappa shape index (κ1) is 19.9. The number of carbonyl (C=O) groups is 1. The second kappa shape index (κ2) is 8.29. The lowest BCUT2D eigenvalue weighted by Crippen LogP contribution is -2.48. The smallest absolute Gasteiger partial charge is 0.322 e. The molecule has 140 valence electrons. The van der Waals surface area contributed by atoms with Crippen molar-refractivity contribution in [2.45, 2.75) is 26.3 Å². The van der Waals surface area contributed by atoms with Gasteiger partial charge in [-0.2, -0.15) is 5.10 Å². The van der Waals surface area contributed by atoms with Crippen molar-refractivity contribution in [1.82, 2.24) is 20.4 Å². The number of aryl methyl sites for hydroxylation is 2. The Hall–Kier alpha value is -2.45. The summed E-state index contributed by atoms with van der Waals surface area (Å²) < 4.78 is 0. The van der Waals surface area contributed by atoms with Crippen LogP contribution in [0.15, 0.2) is 24.3 Å². The highest BCUT2D eigenvalue weighted by molar-refractivity contribution is 5.97. The number of aromatic nitrogens is 2. The van der Waals surface area contributed by atoms with Gasteiger partial charge in [0.15, 0.2) is 0 Å². The van der Waals surface area contributed by atoms with Crippen molar-refractivity contribution in [2.24, 2.45) is 0 Å². The van der Waals surface area contributed by atoms with E-state index in [9.17, 15) is 14.9 Å². The third kappa shape index (κ3) is 3.71. The molecule has 1 aromatic carbocycles. The van der Waals surface area contributed by atoms with Crippen LogP contribution in [0.3, 0.4) is 0 Å².